The summed E-state index contributed by atoms with van der Waals surface area (Å²) in [6, 6.07) is 4.83. The smallest absolute Gasteiger partial charge is 0.335 e. The molecule has 6 rings (SSSR count). The Morgan fingerprint density at radius 1 is 0.643 bits per heavy atom. The average Bonchev–Trinajstić information content (AvgIpc) is 3.16. The maximum absolute atomic E-state index is 14.1. The van der Waals surface area contributed by atoms with Crippen LogP contribution in [0.3, 0.4) is 0 Å². The summed E-state index contributed by atoms with van der Waals surface area (Å²) in [4.78, 5) is 25.6. The lowest BCUT2D eigenvalue weighted by Crippen LogP contribution is -2.62. The maximum atomic E-state index is 14.1. The second-order valence-electron chi connectivity index (χ2n) is 13.1. The maximum Gasteiger partial charge on any atom is 0.335 e. The average molecular weight is 803 g/mol. The van der Waals surface area contributed by atoms with Crippen molar-refractivity contribution in [3.63, 3.8) is 0 Å². The van der Waals surface area contributed by atoms with Gasteiger partial charge in [-0.15, -0.1) is 0 Å². The first-order chi connectivity index (χ1) is 26.4. The zero-order valence-electron chi connectivity index (χ0n) is 28.4. The summed E-state index contributed by atoms with van der Waals surface area (Å²) in [5.74, 6) is -5.77. The van der Waals surface area contributed by atoms with Crippen molar-refractivity contribution >= 4 is 16.9 Å². The van der Waals surface area contributed by atoms with Gasteiger partial charge in [0.25, 0.3) is 0 Å². The summed E-state index contributed by atoms with van der Waals surface area (Å²) in [7, 11) is 0. The molecule has 0 saturated carbocycles. The lowest BCUT2D eigenvalue weighted by Gasteiger charge is -2.42. The van der Waals surface area contributed by atoms with Crippen LogP contribution in [0.15, 0.2) is 39.5 Å². The van der Waals surface area contributed by atoms with Crippen LogP contribution in [0.2, 0.25) is 0 Å². The van der Waals surface area contributed by atoms with Crippen molar-refractivity contribution in [3.05, 3.63) is 40.6 Å². The van der Waals surface area contributed by atoms with Gasteiger partial charge in [-0.2, -0.15) is 0 Å². The van der Waals surface area contributed by atoms with Gasteiger partial charge < -0.3 is 104 Å². The molecule has 0 spiro atoms. The minimum atomic E-state index is -2.11. The lowest BCUT2D eigenvalue weighted by molar-refractivity contribution is -0.323. The SMILES string of the molecule is O=C(O)C1O[C@@H](Oc2cc(O)c3c(=O)c(O[C@@H]4OC(CO[C@@H]5OC(CO)[C@@H](O)[C@H](O)C5O)[C@@H](O)C(O)C4O)c(-c4ccc(O)c(O)c4)oc3c2)C(O)[C@@H](O)[C@@H]1O. The number of phenols is 3. The van der Waals surface area contributed by atoms with Crippen LogP contribution in [0.25, 0.3) is 22.3 Å². The number of hydrogen-bond acceptors (Lipinski definition) is 22. The Hall–Kier alpha value is -4.44. The van der Waals surface area contributed by atoms with E-state index in [0.29, 0.717) is 0 Å². The van der Waals surface area contributed by atoms with Crippen molar-refractivity contribution in [3.8, 4) is 40.1 Å². The summed E-state index contributed by atoms with van der Waals surface area (Å²) in [5, 5.41) is 142. The molecule has 23 nitrogen and oxygen atoms in total. The molecule has 1 aromatic heterocycles. The Bertz CT molecular complexity index is 1950. The summed E-state index contributed by atoms with van der Waals surface area (Å²) in [6.07, 6.45) is -28.3. The molecule has 3 saturated heterocycles. The Morgan fingerprint density at radius 3 is 1.86 bits per heavy atom. The minimum Gasteiger partial charge on any atom is -0.507 e. The monoisotopic (exact) mass is 802 g/mol. The van der Waals surface area contributed by atoms with Gasteiger partial charge in [0.1, 0.15) is 89.6 Å². The molecule has 56 heavy (non-hydrogen) atoms. The van der Waals surface area contributed by atoms with E-state index in [-0.39, 0.29) is 5.56 Å². The molecular weight excluding hydrogens is 764 g/mol. The lowest BCUT2D eigenvalue weighted by atomic mass is 9.98. The molecule has 2 aromatic carbocycles. The largest absolute Gasteiger partial charge is 0.507 e. The van der Waals surface area contributed by atoms with Gasteiger partial charge in [0.15, 0.2) is 29.7 Å². The molecule has 3 aliphatic heterocycles. The van der Waals surface area contributed by atoms with Crippen molar-refractivity contribution in [2.75, 3.05) is 13.2 Å². The van der Waals surface area contributed by atoms with E-state index in [4.69, 9.17) is 32.8 Å². The molecule has 23 heteroatoms. The molecule has 3 aliphatic rings. The fourth-order valence-electron chi connectivity index (χ4n) is 6.23. The molecule has 0 aliphatic carbocycles. The molecular formula is C33H38O23. The third-order valence-electron chi connectivity index (χ3n) is 9.38. The van der Waals surface area contributed by atoms with Crippen molar-refractivity contribution in [1.29, 1.82) is 0 Å². The number of fused-ring (bicyclic) bond motifs is 1. The van der Waals surface area contributed by atoms with Crippen molar-refractivity contribution in [1.82, 2.24) is 0 Å². The highest BCUT2D eigenvalue weighted by Gasteiger charge is 2.50. The first-order valence-electron chi connectivity index (χ1n) is 16.7. The molecule has 7 unspecified atom stereocenters. The van der Waals surface area contributed by atoms with Gasteiger partial charge in [-0.25, -0.2) is 4.79 Å². The van der Waals surface area contributed by atoms with Crippen molar-refractivity contribution in [2.24, 2.45) is 0 Å². The van der Waals surface area contributed by atoms with Crippen molar-refractivity contribution in [2.45, 2.75) is 92.1 Å². The Labute approximate surface area is 312 Å². The number of benzene rings is 2. The zero-order valence-corrected chi connectivity index (χ0v) is 28.4. The van der Waals surface area contributed by atoms with Gasteiger partial charge in [0.2, 0.25) is 23.8 Å². The Morgan fingerprint density at radius 2 is 1.23 bits per heavy atom. The molecule has 0 radical (unpaired) electrons. The number of aliphatic hydroxyl groups is 10. The highest BCUT2D eigenvalue weighted by Crippen LogP contribution is 2.40. The Balaban J connectivity index is 1.33. The third kappa shape index (κ3) is 7.65. The minimum absolute atomic E-state index is 0.180. The molecule has 14 N–H and O–H groups in total. The molecule has 15 atom stereocenters. The van der Waals surface area contributed by atoms with E-state index in [2.05, 4.69) is 0 Å². The van der Waals surface area contributed by atoms with Crippen LogP contribution in [0, 0.1) is 0 Å². The van der Waals surface area contributed by atoms with Gasteiger partial charge in [-0.3, -0.25) is 4.79 Å². The van der Waals surface area contributed by atoms with Gasteiger partial charge >= 0.3 is 5.97 Å². The normalized spacial score (nSPS) is 36.3. The summed E-state index contributed by atoms with van der Waals surface area (Å²) in [5.41, 5.74) is -1.87. The van der Waals surface area contributed by atoms with Gasteiger partial charge in [0.05, 0.1) is 13.2 Å². The van der Waals surface area contributed by atoms with E-state index in [1.54, 1.807) is 0 Å². The van der Waals surface area contributed by atoms with Crippen LogP contribution >= 0.6 is 0 Å². The third-order valence-corrected chi connectivity index (χ3v) is 9.38. The molecule has 3 aromatic rings. The van der Waals surface area contributed by atoms with Crippen LogP contribution in [0.5, 0.6) is 28.7 Å². The van der Waals surface area contributed by atoms with E-state index in [1.807, 2.05) is 0 Å². The number of aromatic hydroxyl groups is 3. The summed E-state index contributed by atoms with van der Waals surface area (Å²) < 4.78 is 38.5. The highest BCUT2D eigenvalue weighted by molar-refractivity contribution is 5.88. The van der Waals surface area contributed by atoms with E-state index < -0.39 is 162 Å². The van der Waals surface area contributed by atoms with E-state index in [9.17, 15) is 81.1 Å². The fourth-order valence-corrected chi connectivity index (χ4v) is 6.23. The Kier molecular flexibility index (Phi) is 11.9. The number of rotatable bonds is 10. The molecule has 0 amide bonds. The van der Waals surface area contributed by atoms with Crippen molar-refractivity contribution < 1.29 is 109 Å². The predicted octanol–water partition coefficient (Wildman–Crippen LogP) is -5.15. The second-order valence-corrected chi connectivity index (χ2v) is 13.1. The number of aliphatic carboxylic acids is 1. The van der Waals surface area contributed by atoms with E-state index in [0.717, 1.165) is 30.3 Å². The summed E-state index contributed by atoms with van der Waals surface area (Å²) >= 11 is 0. The number of aliphatic hydroxyl groups excluding tert-OH is 10. The van der Waals surface area contributed by atoms with Crippen LogP contribution in [0.1, 0.15) is 0 Å². The topological polar surface area (TPSA) is 386 Å². The molecule has 308 valence electrons. The van der Waals surface area contributed by atoms with E-state index >= 15 is 0 Å². The van der Waals surface area contributed by atoms with Crippen LogP contribution in [0.4, 0.5) is 0 Å². The van der Waals surface area contributed by atoms with Gasteiger partial charge in [-0.05, 0) is 18.2 Å². The number of carboxylic acids is 1. The second kappa shape index (κ2) is 16.2. The molecule has 3 fully saturated rings. The number of phenolic OH excluding ortho intramolecular Hbond substituents is 3. The number of hydrogen-bond donors (Lipinski definition) is 14. The quantitative estimate of drug-likeness (QED) is 0.0852. The first-order valence-corrected chi connectivity index (χ1v) is 16.7. The molecule has 4 heterocycles. The first kappa shape index (κ1) is 41.2. The number of ether oxygens (including phenoxy) is 6. The zero-order chi connectivity index (χ0) is 40.9. The standard InChI is InChI=1S/C33H38O23/c34-6-14-17(38)20(41)24(45)31(53-14)50-7-15-18(39)21(42)25(46)33(54-15)55-28-19(40)16-12(37)4-9(51-32-26(47)22(43)23(44)29(56-32)30(48)49)5-13(16)52-27(28)8-1-2-10(35)11(36)3-8/h1-5,14-15,17-18,20-26,29,31-39,41-47H,6-7H2,(H,48,49)/t14?,15?,17-,18-,20+,21?,22+,23+,24?,25?,26?,29?,31-,32-,33+/m1/s1. The van der Waals surface area contributed by atoms with Crippen LogP contribution in [-0.2, 0) is 23.7 Å². The van der Waals surface area contributed by atoms with Crippen LogP contribution in [-0.4, -0.2) is 183 Å². The highest BCUT2D eigenvalue weighted by atomic mass is 16.7. The van der Waals surface area contributed by atoms with Gasteiger partial charge in [0, 0.05) is 17.7 Å². The van der Waals surface area contributed by atoms with Crippen LogP contribution < -0.4 is 14.9 Å². The predicted molar refractivity (Wildman–Crippen MR) is 175 cm³/mol. The van der Waals surface area contributed by atoms with E-state index in [1.165, 1.54) is 0 Å². The fraction of sp³-hybridized carbons (Fsp3) is 0.515. The van der Waals surface area contributed by atoms with Gasteiger partial charge in [-0.1, -0.05) is 0 Å². The number of carboxylic acid groups (broad SMARTS) is 1. The molecule has 0 bridgehead atoms. The summed E-state index contributed by atoms with van der Waals surface area (Å²) in [6.45, 7) is -1.54. The number of carbonyl (C=O) groups is 1.